The predicted octanol–water partition coefficient (Wildman–Crippen LogP) is 4.15. The van der Waals surface area contributed by atoms with E-state index in [4.69, 9.17) is 11.6 Å². The molecule has 0 saturated heterocycles. The summed E-state index contributed by atoms with van der Waals surface area (Å²) in [4.78, 5) is 11.8. The van der Waals surface area contributed by atoms with Crippen LogP contribution in [0.1, 0.15) is 11.1 Å². The summed E-state index contributed by atoms with van der Waals surface area (Å²) in [5, 5.41) is 5.82. The molecule has 3 nitrogen and oxygen atoms in total. The Hall–Kier alpha value is -2.07. The predicted molar refractivity (Wildman–Crippen MR) is 83.3 cm³/mol. The molecule has 21 heavy (non-hydrogen) atoms. The van der Waals surface area contributed by atoms with Gasteiger partial charge >= 0.3 is 6.03 Å². The highest BCUT2D eigenvalue weighted by molar-refractivity contribution is 6.33. The SMILES string of the molecule is Cc1ccc(NC(=O)NCCc2ccccc2F)c(Cl)c1. The fraction of sp³-hybridized carbons (Fsp3) is 0.188. The molecular formula is C16H16ClFN2O. The van der Waals surface area contributed by atoms with E-state index in [2.05, 4.69) is 10.6 Å². The van der Waals surface area contributed by atoms with Gasteiger partial charge in [0.1, 0.15) is 5.82 Å². The molecule has 0 heterocycles. The van der Waals surface area contributed by atoms with Crippen LogP contribution in [0.25, 0.3) is 0 Å². The van der Waals surface area contributed by atoms with E-state index >= 15 is 0 Å². The number of halogens is 2. The lowest BCUT2D eigenvalue weighted by molar-refractivity contribution is 0.252. The highest BCUT2D eigenvalue weighted by Gasteiger charge is 2.06. The molecule has 0 bridgehead atoms. The smallest absolute Gasteiger partial charge is 0.319 e. The van der Waals surface area contributed by atoms with Crippen molar-refractivity contribution >= 4 is 23.3 Å². The molecule has 0 spiro atoms. The summed E-state index contributed by atoms with van der Waals surface area (Å²) in [6.45, 7) is 2.26. The van der Waals surface area contributed by atoms with Crippen LogP contribution in [0.4, 0.5) is 14.9 Å². The lowest BCUT2D eigenvalue weighted by Gasteiger charge is -2.09. The summed E-state index contributed by atoms with van der Waals surface area (Å²) < 4.78 is 13.4. The first kappa shape index (κ1) is 15.3. The molecule has 0 saturated carbocycles. The summed E-state index contributed by atoms with van der Waals surface area (Å²) in [7, 11) is 0. The molecule has 2 rings (SSSR count). The highest BCUT2D eigenvalue weighted by atomic mass is 35.5. The van der Waals surface area contributed by atoms with Gasteiger partial charge in [0.05, 0.1) is 10.7 Å². The molecule has 0 aliphatic heterocycles. The largest absolute Gasteiger partial charge is 0.338 e. The molecule has 0 unspecified atom stereocenters. The summed E-state index contributed by atoms with van der Waals surface area (Å²) in [6.07, 6.45) is 0.432. The summed E-state index contributed by atoms with van der Waals surface area (Å²) in [5.41, 5.74) is 2.14. The minimum Gasteiger partial charge on any atom is -0.338 e. The number of hydrogen-bond acceptors (Lipinski definition) is 1. The second-order valence-corrected chi connectivity index (χ2v) is 5.11. The molecule has 0 radical (unpaired) electrons. The molecule has 5 heteroatoms. The zero-order chi connectivity index (χ0) is 15.2. The maximum absolute atomic E-state index is 13.4. The first-order valence-electron chi connectivity index (χ1n) is 6.60. The first-order valence-corrected chi connectivity index (χ1v) is 6.98. The third-order valence-corrected chi connectivity index (χ3v) is 3.32. The van der Waals surface area contributed by atoms with Crippen molar-refractivity contribution in [2.75, 3.05) is 11.9 Å². The van der Waals surface area contributed by atoms with Crippen molar-refractivity contribution in [1.29, 1.82) is 0 Å². The molecule has 0 aromatic heterocycles. The van der Waals surface area contributed by atoms with Crippen molar-refractivity contribution in [1.82, 2.24) is 5.32 Å². The molecule has 0 fully saturated rings. The molecule has 2 amide bonds. The number of amides is 2. The van der Waals surface area contributed by atoms with Gasteiger partial charge in [-0.05, 0) is 42.7 Å². The van der Waals surface area contributed by atoms with Crippen LogP contribution < -0.4 is 10.6 Å². The molecule has 110 valence electrons. The van der Waals surface area contributed by atoms with Crippen LogP contribution >= 0.6 is 11.6 Å². The van der Waals surface area contributed by atoms with Crippen molar-refractivity contribution < 1.29 is 9.18 Å². The minimum absolute atomic E-state index is 0.263. The normalized spacial score (nSPS) is 10.2. The number of benzene rings is 2. The van der Waals surface area contributed by atoms with E-state index in [0.717, 1.165) is 5.56 Å². The van der Waals surface area contributed by atoms with Gasteiger partial charge in [0.25, 0.3) is 0 Å². The average Bonchev–Trinajstić information content (AvgIpc) is 2.44. The van der Waals surface area contributed by atoms with Gasteiger partial charge in [0.2, 0.25) is 0 Å². The van der Waals surface area contributed by atoms with Crippen molar-refractivity contribution in [2.45, 2.75) is 13.3 Å². The Morgan fingerprint density at radius 3 is 2.71 bits per heavy atom. The van der Waals surface area contributed by atoms with Gasteiger partial charge in [-0.2, -0.15) is 0 Å². The Morgan fingerprint density at radius 1 is 1.24 bits per heavy atom. The van der Waals surface area contributed by atoms with Gasteiger partial charge in [-0.3, -0.25) is 0 Å². The van der Waals surface area contributed by atoms with Crippen molar-refractivity contribution in [3.05, 3.63) is 64.4 Å². The van der Waals surface area contributed by atoms with Gasteiger partial charge in [-0.25, -0.2) is 9.18 Å². The number of carbonyl (C=O) groups is 1. The van der Waals surface area contributed by atoms with Crippen LogP contribution in [-0.4, -0.2) is 12.6 Å². The maximum atomic E-state index is 13.4. The number of aryl methyl sites for hydroxylation is 1. The van der Waals surface area contributed by atoms with E-state index in [0.29, 0.717) is 29.2 Å². The highest BCUT2D eigenvalue weighted by Crippen LogP contribution is 2.22. The minimum atomic E-state index is -0.364. The quantitative estimate of drug-likeness (QED) is 0.875. The van der Waals surface area contributed by atoms with Gasteiger partial charge in [-0.1, -0.05) is 35.9 Å². The molecule has 2 N–H and O–H groups in total. The van der Waals surface area contributed by atoms with Crippen LogP contribution in [-0.2, 0) is 6.42 Å². The molecule has 0 aliphatic rings. The zero-order valence-electron chi connectivity index (χ0n) is 11.6. The summed E-state index contributed by atoms with van der Waals surface area (Å²) >= 11 is 6.03. The fourth-order valence-corrected chi connectivity index (χ4v) is 2.18. The average molecular weight is 307 g/mol. The lowest BCUT2D eigenvalue weighted by Crippen LogP contribution is -2.30. The number of anilines is 1. The fourth-order valence-electron chi connectivity index (χ4n) is 1.90. The summed E-state index contributed by atoms with van der Waals surface area (Å²) in [5.74, 6) is -0.263. The third-order valence-electron chi connectivity index (χ3n) is 3.01. The van der Waals surface area contributed by atoms with Gasteiger partial charge in [0.15, 0.2) is 0 Å². The number of hydrogen-bond donors (Lipinski definition) is 2. The Kier molecular flexibility index (Phi) is 5.17. The maximum Gasteiger partial charge on any atom is 0.319 e. The van der Waals surface area contributed by atoms with E-state index in [1.54, 1.807) is 30.3 Å². The van der Waals surface area contributed by atoms with E-state index in [-0.39, 0.29) is 11.8 Å². The number of urea groups is 1. The van der Waals surface area contributed by atoms with Crippen LogP contribution in [0.5, 0.6) is 0 Å². The third kappa shape index (κ3) is 4.46. The monoisotopic (exact) mass is 306 g/mol. The number of nitrogens with one attached hydrogen (secondary N) is 2. The van der Waals surface area contributed by atoms with Gasteiger partial charge in [0, 0.05) is 6.54 Å². The molecule has 2 aromatic rings. The van der Waals surface area contributed by atoms with Crippen LogP contribution in [0, 0.1) is 12.7 Å². The molecule has 2 aromatic carbocycles. The molecule has 0 atom stereocenters. The van der Waals surface area contributed by atoms with E-state index in [9.17, 15) is 9.18 Å². The Balaban J connectivity index is 1.84. The van der Waals surface area contributed by atoms with Crippen LogP contribution in [0.15, 0.2) is 42.5 Å². The zero-order valence-corrected chi connectivity index (χ0v) is 12.4. The lowest BCUT2D eigenvalue weighted by atomic mass is 10.1. The Bertz CT molecular complexity index is 646. The first-order chi connectivity index (χ1) is 10.1. The standard InChI is InChI=1S/C16H16ClFN2O/c1-11-6-7-15(13(17)10-11)20-16(21)19-9-8-12-4-2-3-5-14(12)18/h2-7,10H,8-9H2,1H3,(H2,19,20,21). The topological polar surface area (TPSA) is 41.1 Å². The number of rotatable bonds is 4. The van der Waals surface area contributed by atoms with Gasteiger partial charge < -0.3 is 10.6 Å². The van der Waals surface area contributed by atoms with E-state index < -0.39 is 0 Å². The van der Waals surface area contributed by atoms with Crippen molar-refractivity contribution in [2.24, 2.45) is 0 Å². The van der Waals surface area contributed by atoms with Crippen LogP contribution in [0.2, 0.25) is 5.02 Å². The summed E-state index contributed by atoms with van der Waals surface area (Å²) in [6, 6.07) is 11.5. The Labute approximate surface area is 128 Å². The Morgan fingerprint density at radius 2 is 2.00 bits per heavy atom. The van der Waals surface area contributed by atoms with Crippen LogP contribution in [0.3, 0.4) is 0 Å². The van der Waals surface area contributed by atoms with E-state index in [1.807, 2.05) is 13.0 Å². The van der Waals surface area contributed by atoms with Crippen molar-refractivity contribution in [3.8, 4) is 0 Å². The van der Waals surface area contributed by atoms with Crippen molar-refractivity contribution in [3.63, 3.8) is 0 Å². The number of carbonyl (C=O) groups excluding carboxylic acids is 1. The van der Waals surface area contributed by atoms with E-state index in [1.165, 1.54) is 6.07 Å². The van der Waals surface area contributed by atoms with Gasteiger partial charge in [-0.15, -0.1) is 0 Å². The molecule has 0 aliphatic carbocycles. The second kappa shape index (κ2) is 7.09. The second-order valence-electron chi connectivity index (χ2n) is 4.71. The molecular weight excluding hydrogens is 291 g/mol.